The standard InChI is InChI=1S/C18H20N2O2/c1-22-17-10-9-15(20-11-5-6-12-20)13-16(17)19-18(21)14-7-3-2-4-8-14/h2-4,7-10,13H,5-6,11-12H2,1H3,(H,19,21). The van der Waals surface area contributed by atoms with Gasteiger partial charge in [-0.3, -0.25) is 4.79 Å². The lowest BCUT2D eigenvalue weighted by atomic mass is 10.2. The van der Waals surface area contributed by atoms with Crippen molar-refractivity contribution in [3.05, 3.63) is 54.1 Å². The van der Waals surface area contributed by atoms with Gasteiger partial charge < -0.3 is 15.0 Å². The maximum absolute atomic E-state index is 12.3. The zero-order chi connectivity index (χ0) is 15.4. The van der Waals surface area contributed by atoms with E-state index in [0.717, 1.165) is 18.8 Å². The van der Waals surface area contributed by atoms with Crippen molar-refractivity contribution in [3.63, 3.8) is 0 Å². The molecule has 0 saturated carbocycles. The maximum Gasteiger partial charge on any atom is 0.255 e. The van der Waals surface area contributed by atoms with Gasteiger partial charge in [0.2, 0.25) is 0 Å². The summed E-state index contributed by atoms with van der Waals surface area (Å²) in [5.74, 6) is 0.546. The number of anilines is 2. The zero-order valence-electron chi connectivity index (χ0n) is 12.7. The molecule has 1 N–H and O–H groups in total. The van der Waals surface area contributed by atoms with Gasteiger partial charge in [-0.25, -0.2) is 0 Å². The smallest absolute Gasteiger partial charge is 0.255 e. The molecule has 1 heterocycles. The predicted octanol–water partition coefficient (Wildman–Crippen LogP) is 3.55. The lowest BCUT2D eigenvalue weighted by Crippen LogP contribution is -2.18. The molecule has 0 aliphatic carbocycles. The molecule has 4 nitrogen and oxygen atoms in total. The zero-order valence-corrected chi connectivity index (χ0v) is 12.7. The van der Waals surface area contributed by atoms with Crippen LogP contribution >= 0.6 is 0 Å². The van der Waals surface area contributed by atoms with Crippen molar-refractivity contribution in [1.82, 2.24) is 0 Å². The Morgan fingerprint density at radius 2 is 1.82 bits per heavy atom. The van der Waals surface area contributed by atoms with Crippen LogP contribution in [0.15, 0.2) is 48.5 Å². The normalized spacial score (nSPS) is 14.0. The maximum atomic E-state index is 12.3. The summed E-state index contributed by atoms with van der Waals surface area (Å²) in [7, 11) is 1.61. The van der Waals surface area contributed by atoms with Gasteiger partial charge in [0.1, 0.15) is 5.75 Å². The van der Waals surface area contributed by atoms with E-state index in [2.05, 4.69) is 10.2 Å². The van der Waals surface area contributed by atoms with Crippen LogP contribution in [-0.2, 0) is 0 Å². The largest absolute Gasteiger partial charge is 0.495 e. The van der Waals surface area contributed by atoms with Crippen molar-refractivity contribution in [2.75, 3.05) is 30.4 Å². The van der Waals surface area contributed by atoms with Crippen molar-refractivity contribution < 1.29 is 9.53 Å². The topological polar surface area (TPSA) is 41.6 Å². The van der Waals surface area contributed by atoms with Crippen LogP contribution in [0.25, 0.3) is 0 Å². The summed E-state index contributed by atoms with van der Waals surface area (Å²) >= 11 is 0. The Morgan fingerprint density at radius 3 is 2.50 bits per heavy atom. The molecule has 114 valence electrons. The van der Waals surface area contributed by atoms with Crippen LogP contribution in [0.1, 0.15) is 23.2 Å². The Labute approximate surface area is 130 Å². The van der Waals surface area contributed by atoms with Crippen LogP contribution in [0.5, 0.6) is 5.75 Å². The van der Waals surface area contributed by atoms with Crippen LogP contribution in [0.2, 0.25) is 0 Å². The monoisotopic (exact) mass is 296 g/mol. The van der Waals surface area contributed by atoms with Gasteiger partial charge in [0, 0.05) is 24.3 Å². The molecule has 1 saturated heterocycles. The number of amides is 1. The summed E-state index contributed by atoms with van der Waals surface area (Å²) in [6.45, 7) is 2.14. The van der Waals surface area contributed by atoms with E-state index in [9.17, 15) is 4.79 Å². The quantitative estimate of drug-likeness (QED) is 0.938. The molecular weight excluding hydrogens is 276 g/mol. The number of carbonyl (C=O) groups excluding carboxylic acids is 1. The number of nitrogens with zero attached hydrogens (tertiary/aromatic N) is 1. The number of nitrogens with one attached hydrogen (secondary N) is 1. The van der Waals surface area contributed by atoms with Gasteiger partial charge >= 0.3 is 0 Å². The van der Waals surface area contributed by atoms with Crippen LogP contribution in [0.3, 0.4) is 0 Å². The molecule has 0 radical (unpaired) electrons. The highest BCUT2D eigenvalue weighted by Gasteiger charge is 2.15. The fourth-order valence-corrected chi connectivity index (χ4v) is 2.75. The summed E-state index contributed by atoms with van der Waals surface area (Å²) in [5, 5.41) is 2.95. The average Bonchev–Trinajstić information content (AvgIpc) is 3.10. The fourth-order valence-electron chi connectivity index (χ4n) is 2.75. The number of benzene rings is 2. The van der Waals surface area contributed by atoms with Gasteiger partial charge in [-0.05, 0) is 43.2 Å². The fraction of sp³-hybridized carbons (Fsp3) is 0.278. The Balaban J connectivity index is 1.84. The number of rotatable bonds is 4. The third kappa shape index (κ3) is 3.06. The molecule has 1 amide bonds. The number of hydrogen-bond donors (Lipinski definition) is 1. The van der Waals surface area contributed by atoms with E-state index < -0.39 is 0 Å². The molecule has 4 heteroatoms. The van der Waals surface area contributed by atoms with Crippen LogP contribution in [0.4, 0.5) is 11.4 Å². The van der Waals surface area contributed by atoms with E-state index in [1.54, 1.807) is 19.2 Å². The first-order chi connectivity index (χ1) is 10.8. The Bertz CT molecular complexity index is 649. The highest BCUT2D eigenvalue weighted by atomic mass is 16.5. The summed E-state index contributed by atoms with van der Waals surface area (Å²) < 4.78 is 5.37. The van der Waals surface area contributed by atoms with E-state index in [1.807, 2.05) is 36.4 Å². The second-order valence-electron chi connectivity index (χ2n) is 5.40. The third-order valence-electron chi connectivity index (χ3n) is 3.94. The molecule has 0 atom stereocenters. The van der Waals surface area contributed by atoms with E-state index in [0.29, 0.717) is 17.0 Å². The lowest BCUT2D eigenvalue weighted by Gasteiger charge is -2.20. The first-order valence-corrected chi connectivity index (χ1v) is 7.57. The van der Waals surface area contributed by atoms with Crippen molar-refractivity contribution in [3.8, 4) is 5.75 Å². The lowest BCUT2D eigenvalue weighted by molar-refractivity contribution is 0.102. The molecule has 2 aromatic carbocycles. The molecule has 22 heavy (non-hydrogen) atoms. The minimum absolute atomic E-state index is 0.127. The highest BCUT2D eigenvalue weighted by Crippen LogP contribution is 2.31. The molecule has 3 rings (SSSR count). The molecule has 0 bridgehead atoms. The van der Waals surface area contributed by atoms with Gasteiger partial charge in [0.25, 0.3) is 5.91 Å². The van der Waals surface area contributed by atoms with E-state index in [1.165, 1.54) is 12.8 Å². The van der Waals surface area contributed by atoms with Crippen molar-refractivity contribution >= 4 is 17.3 Å². The first-order valence-electron chi connectivity index (χ1n) is 7.57. The van der Waals surface area contributed by atoms with Crippen molar-refractivity contribution in [2.45, 2.75) is 12.8 Å². The van der Waals surface area contributed by atoms with Crippen LogP contribution in [-0.4, -0.2) is 26.1 Å². The molecule has 1 aliphatic rings. The first kappa shape index (κ1) is 14.4. The van der Waals surface area contributed by atoms with Gasteiger partial charge in [-0.2, -0.15) is 0 Å². The Kier molecular flexibility index (Phi) is 4.28. The average molecular weight is 296 g/mol. The van der Waals surface area contributed by atoms with E-state index in [4.69, 9.17) is 4.74 Å². The third-order valence-corrected chi connectivity index (χ3v) is 3.94. The van der Waals surface area contributed by atoms with Gasteiger partial charge in [0.05, 0.1) is 12.8 Å². The van der Waals surface area contributed by atoms with Crippen molar-refractivity contribution in [2.24, 2.45) is 0 Å². The highest BCUT2D eigenvalue weighted by molar-refractivity contribution is 6.05. The second kappa shape index (κ2) is 6.52. The van der Waals surface area contributed by atoms with E-state index in [-0.39, 0.29) is 5.91 Å². The van der Waals surface area contributed by atoms with Crippen LogP contribution in [0, 0.1) is 0 Å². The molecule has 1 aliphatic heterocycles. The molecule has 0 spiro atoms. The number of ether oxygens (including phenoxy) is 1. The summed E-state index contributed by atoms with van der Waals surface area (Å²) in [6.07, 6.45) is 2.44. The summed E-state index contributed by atoms with van der Waals surface area (Å²) in [6, 6.07) is 15.1. The summed E-state index contributed by atoms with van der Waals surface area (Å²) in [4.78, 5) is 14.7. The SMILES string of the molecule is COc1ccc(N2CCCC2)cc1NC(=O)c1ccccc1. The predicted molar refractivity (Wildman–Crippen MR) is 88.8 cm³/mol. The number of hydrogen-bond acceptors (Lipinski definition) is 3. The van der Waals surface area contributed by atoms with Crippen LogP contribution < -0.4 is 15.0 Å². The van der Waals surface area contributed by atoms with Gasteiger partial charge in [-0.1, -0.05) is 18.2 Å². The minimum Gasteiger partial charge on any atom is -0.495 e. The van der Waals surface area contributed by atoms with Gasteiger partial charge in [-0.15, -0.1) is 0 Å². The number of methoxy groups -OCH3 is 1. The molecule has 2 aromatic rings. The minimum atomic E-state index is -0.127. The Morgan fingerprint density at radius 1 is 1.09 bits per heavy atom. The van der Waals surface area contributed by atoms with Crippen molar-refractivity contribution in [1.29, 1.82) is 0 Å². The summed E-state index contributed by atoms with van der Waals surface area (Å²) in [5.41, 5.74) is 2.47. The molecule has 0 unspecified atom stereocenters. The Hall–Kier alpha value is -2.49. The molecule has 0 aromatic heterocycles. The van der Waals surface area contributed by atoms with Gasteiger partial charge in [0.15, 0.2) is 0 Å². The second-order valence-corrected chi connectivity index (χ2v) is 5.40. The number of carbonyl (C=O) groups is 1. The molecule has 1 fully saturated rings. The molecular formula is C18H20N2O2. The van der Waals surface area contributed by atoms with E-state index >= 15 is 0 Å².